The van der Waals surface area contributed by atoms with Gasteiger partial charge in [0.15, 0.2) is 0 Å². The molecule has 1 aliphatic rings. The number of nitrogens with two attached hydrogens (primary N) is 1. The quantitative estimate of drug-likeness (QED) is 0.921. The summed E-state index contributed by atoms with van der Waals surface area (Å²) in [4.78, 5) is 4.94. The predicted octanol–water partition coefficient (Wildman–Crippen LogP) is 4.26. The first-order valence-corrected chi connectivity index (χ1v) is 8.36. The number of hydrogen-bond acceptors (Lipinski definition) is 2. The Balaban J connectivity index is 2.18. The van der Waals surface area contributed by atoms with Crippen LogP contribution in [0.3, 0.4) is 0 Å². The second-order valence-electron chi connectivity index (χ2n) is 6.49. The van der Waals surface area contributed by atoms with E-state index in [1.165, 1.54) is 12.8 Å². The van der Waals surface area contributed by atoms with E-state index in [4.69, 9.17) is 22.3 Å². The average Bonchev–Trinajstić information content (AvgIpc) is 2.82. The zero-order chi connectivity index (χ0) is 15.0. The van der Waals surface area contributed by atoms with Crippen molar-refractivity contribution in [2.75, 3.05) is 0 Å². The van der Waals surface area contributed by atoms with E-state index >= 15 is 0 Å². The van der Waals surface area contributed by atoms with Crippen LogP contribution in [-0.4, -0.2) is 15.6 Å². The van der Waals surface area contributed by atoms with Crippen molar-refractivity contribution in [2.45, 2.75) is 64.0 Å². The van der Waals surface area contributed by atoms with Gasteiger partial charge in [-0.2, -0.15) is 0 Å². The Bertz CT molecular complexity index is 649. The van der Waals surface area contributed by atoms with Gasteiger partial charge in [-0.15, -0.1) is 0 Å². The molecule has 0 radical (unpaired) electrons. The molecule has 0 amide bonds. The number of hydrogen-bond donors (Lipinski definition) is 1. The first-order valence-electron chi connectivity index (χ1n) is 7.98. The van der Waals surface area contributed by atoms with Gasteiger partial charge in [0, 0.05) is 23.0 Å². The molecule has 0 aliphatic heterocycles. The number of aromatic nitrogens is 2. The minimum absolute atomic E-state index is 0.0289. The maximum absolute atomic E-state index is 6.48. The standard InChI is InChI=1S/C17H24ClN3/c1-3-10-21-14-11-12(18)7-8-13(14)20-16(21)17(2)9-5-4-6-15(17)19/h7-8,11,15H,3-6,9-10,19H2,1-2H3. The minimum Gasteiger partial charge on any atom is -0.327 e. The van der Waals surface area contributed by atoms with Gasteiger partial charge < -0.3 is 10.3 Å². The Labute approximate surface area is 131 Å². The summed E-state index contributed by atoms with van der Waals surface area (Å²) < 4.78 is 2.34. The number of benzene rings is 1. The van der Waals surface area contributed by atoms with Crippen molar-refractivity contribution in [3.8, 4) is 0 Å². The molecule has 2 atom stereocenters. The zero-order valence-corrected chi connectivity index (χ0v) is 13.7. The number of nitrogens with zero attached hydrogens (tertiary/aromatic N) is 2. The molecule has 114 valence electrons. The van der Waals surface area contributed by atoms with Crippen LogP contribution < -0.4 is 5.73 Å². The zero-order valence-electron chi connectivity index (χ0n) is 12.9. The molecule has 1 saturated carbocycles. The maximum Gasteiger partial charge on any atom is 0.117 e. The molecular formula is C17H24ClN3. The highest BCUT2D eigenvalue weighted by Crippen LogP contribution is 2.39. The summed E-state index contributed by atoms with van der Waals surface area (Å²) in [6.07, 6.45) is 5.76. The lowest BCUT2D eigenvalue weighted by Gasteiger charge is -2.39. The van der Waals surface area contributed by atoms with Crippen LogP contribution >= 0.6 is 11.6 Å². The number of aryl methyl sites for hydroxylation is 1. The monoisotopic (exact) mass is 305 g/mol. The molecule has 1 fully saturated rings. The Morgan fingerprint density at radius 1 is 1.43 bits per heavy atom. The second-order valence-corrected chi connectivity index (χ2v) is 6.93. The van der Waals surface area contributed by atoms with Crippen molar-refractivity contribution in [3.63, 3.8) is 0 Å². The van der Waals surface area contributed by atoms with E-state index in [9.17, 15) is 0 Å². The molecular weight excluding hydrogens is 282 g/mol. The van der Waals surface area contributed by atoms with E-state index in [-0.39, 0.29) is 11.5 Å². The lowest BCUT2D eigenvalue weighted by atomic mass is 9.71. The summed E-state index contributed by atoms with van der Waals surface area (Å²) >= 11 is 6.18. The number of imidazole rings is 1. The van der Waals surface area contributed by atoms with Gasteiger partial charge in [0.1, 0.15) is 5.82 Å². The van der Waals surface area contributed by atoms with Gasteiger partial charge in [-0.25, -0.2) is 4.98 Å². The van der Waals surface area contributed by atoms with Gasteiger partial charge in [-0.05, 0) is 37.5 Å². The highest BCUT2D eigenvalue weighted by Gasteiger charge is 2.39. The summed E-state index contributed by atoms with van der Waals surface area (Å²) in [5, 5.41) is 0.768. The highest BCUT2D eigenvalue weighted by molar-refractivity contribution is 6.31. The average molecular weight is 306 g/mol. The molecule has 1 heterocycles. The van der Waals surface area contributed by atoms with Gasteiger partial charge >= 0.3 is 0 Å². The fraction of sp³-hybridized carbons (Fsp3) is 0.588. The number of fused-ring (bicyclic) bond motifs is 1. The molecule has 21 heavy (non-hydrogen) atoms. The van der Waals surface area contributed by atoms with Gasteiger partial charge in [0.2, 0.25) is 0 Å². The van der Waals surface area contributed by atoms with Crippen molar-refractivity contribution in [2.24, 2.45) is 5.73 Å². The second kappa shape index (κ2) is 5.62. The molecule has 1 aromatic carbocycles. The Kier molecular flexibility index (Phi) is 3.98. The summed E-state index contributed by atoms with van der Waals surface area (Å²) in [5.74, 6) is 1.15. The van der Waals surface area contributed by atoms with Crippen LogP contribution in [0.5, 0.6) is 0 Å². The van der Waals surface area contributed by atoms with Crippen LogP contribution in [0.4, 0.5) is 0 Å². The third-order valence-corrected chi connectivity index (χ3v) is 5.18. The summed E-state index contributed by atoms with van der Waals surface area (Å²) in [7, 11) is 0. The molecule has 0 saturated heterocycles. The van der Waals surface area contributed by atoms with E-state index in [1.54, 1.807) is 0 Å². The SMILES string of the molecule is CCCn1c(C2(C)CCCCC2N)nc2ccc(Cl)cc21. The fourth-order valence-electron chi connectivity index (χ4n) is 3.62. The van der Waals surface area contributed by atoms with Crippen LogP contribution in [0, 0.1) is 0 Å². The highest BCUT2D eigenvalue weighted by atomic mass is 35.5. The molecule has 0 spiro atoms. The van der Waals surface area contributed by atoms with Crippen LogP contribution in [-0.2, 0) is 12.0 Å². The largest absolute Gasteiger partial charge is 0.327 e. The third-order valence-electron chi connectivity index (χ3n) is 4.95. The summed E-state index contributed by atoms with van der Waals surface area (Å²) in [6.45, 7) is 5.45. The topological polar surface area (TPSA) is 43.8 Å². The first-order chi connectivity index (χ1) is 10.1. The predicted molar refractivity (Wildman–Crippen MR) is 88.8 cm³/mol. The summed E-state index contributed by atoms with van der Waals surface area (Å²) in [6, 6.07) is 6.15. The lowest BCUT2D eigenvalue weighted by Crippen LogP contribution is -2.47. The van der Waals surface area contributed by atoms with E-state index in [0.29, 0.717) is 0 Å². The van der Waals surface area contributed by atoms with Crippen molar-refractivity contribution in [1.82, 2.24) is 9.55 Å². The first kappa shape index (κ1) is 14.9. The number of rotatable bonds is 3. The molecule has 2 aromatic rings. The number of halogens is 1. The smallest absolute Gasteiger partial charge is 0.117 e. The van der Waals surface area contributed by atoms with Gasteiger partial charge in [-0.1, -0.05) is 38.3 Å². The Hall–Kier alpha value is -1.06. The van der Waals surface area contributed by atoms with Gasteiger partial charge in [-0.3, -0.25) is 0 Å². The van der Waals surface area contributed by atoms with Crippen LogP contribution in [0.15, 0.2) is 18.2 Å². The van der Waals surface area contributed by atoms with E-state index in [1.807, 2.05) is 18.2 Å². The molecule has 3 rings (SSSR count). The normalized spacial score (nSPS) is 26.4. The van der Waals surface area contributed by atoms with Crippen molar-refractivity contribution in [3.05, 3.63) is 29.0 Å². The maximum atomic E-state index is 6.48. The van der Waals surface area contributed by atoms with Gasteiger partial charge in [0.05, 0.1) is 11.0 Å². The van der Waals surface area contributed by atoms with Crippen LogP contribution in [0.2, 0.25) is 5.02 Å². The molecule has 1 aliphatic carbocycles. The third kappa shape index (κ3) is 2.47. The summed E-state index contributed by atoms with van der Waals surface area (Å²) in [5.41, 5.74) is 8.62. The lowest BCUT2D eigenvalue weighted by molar-refractivity contribution is 0.252. The molecule has 3 nitrogen and oxygen atoms in total. The minimum atomic E-state index is -0.0289. The van der Waals surface area contributed by atoms with Crippen molar-refractivity contribution < 1.29 is 0 Å². The van der Waals surface area contributed by atoms with Crippen molar-refractivity contribution in [1.29, 1.82) is 0 Å². The molecule has 2 unspecified atom stereocenters. The molecule has 2 N–H and O–H groups in total. The molecule has 4 heteroatoms. The van der Waals surface area contributed by atoms with E-state index in [2.05, 4.69) is 18.4 Å². The Morgan fingerprint density at radius 3 is 2.95 bits per heavy atom. The van der Waals surface area contributed by atoms with Crippen molar-refractivity contribution >= 4 is 22.6 Å². The van der Waals surface area contributed by atoms with E-state index < -0.39 is 0 Å². The Morgan fingerprint density at radius 2 is 2.24 bits per heavy atom. The van der Waals surface area contributed by atoms with Crippen LogP contribution in [0.1, 0.15) is 51.8 Å². The van der Waals surface area contributed by atoms with Crippen LogP contribution in [0.25, 0.3) is 11.0 Å². The van der Waals surface area contributed by atoms with Gasteiger partial charge in [0.25, 0.3) is 0 Å². The molecule has 0 bridgehead atoms. The molecule has 1 aromatic heterocycles. The fourth-order valence-corrected chi connectivity index (χ4v) is 3.79. The van der Waals surface area contributed by atoms with E-state index in [0.717, 1.165) is 47.7 Å².